The number of nitrogens with zero attached hydrogens (tertiary/aromatic N) is 4. The second kappa shape index (κ2) is 11.8. The molecule has 5 aromatic rings. The quantitative estimate of drug-likeness (QED) is 0.205. The molecule has 6 nitrogen and oxygen atoms in total. The first kappa shape index (κ1) is 29.8. The van der Waals surface area contributed by atoms with Crippen LogP contribution in [0, 0.1) is 41.5 Å². The summed E-state index contributed by atoms with van der Waals surface area (Å²) in [5.74, 6) is 1.82. The van der Waals surface area contributed by atoms with E-state index in [0.717, 1.165) is 76.4 Å². The molecule has 0 aliphatic carbocycles. The molecular weight excluding hydrogens is 564 g/mol. The van der Waals surface area contributed by atoms with E-state index in [1.807, 2.05) is 12.1 Å². The zero-order valence-corrected chi connectivity index (χ0v) is 28.0. The van der Waals surface area contributed by atoms with Gasteiger partial charge < -0.3 is 9.97 Å². The summed E-state index contributed by atoms with van der Waals surface area (Å²) in [7, 11) is 0. The van der Waals surface area contributed by atoms with Crippen LogP contribution in [0.5, 0.6) is 0 Å². The molecule has 0 radical (unpaired) electrons. The van der Waals surface area contributed by atoms with Gasteiger partial charge in [0.2, 0.25) is 0 Å². The molecule has 5 heterocycles. The van der Waals surface area contributed by atoms with Crippen LogP contribution in [0.1, 0.15) is 88.5 Å². The molecule has 0 saturated heterocycles. The van der Waals surface area contributed by atoms with Crippen molar-refractivity contribution in [1.29, 1.82) is 0 Å². The Hall–Kier alpha value is -4.84. The van der Waals surface area contributed by atoms with Gasteiger partial charge in [-0.2, -0.15) is 0 Å². The van der Waals surface area contributed by atoms with E-state index in [1.165, 1.54) is 44.5 Å². The van der Waals surface area contributed by atoms with Gasteiger partial charge in [0.1, 0.15) is 17.1 Å². The van der Waals surface area contributed by atoms with E-state index < -0.39 is 0 Å². The van der Waals surface area contributed by atoms with E-state index in [4.69, 9.17) is 19.9 Å². The molecule has 46 heavy (non-hydrogen) atoms. The minimum absolute atomic E-state index is 0.238. The number of H-pyrrole nitrogens is 2. The normalized spacial score (nSPS) is 14.3. The molecule has 0 fully saturated rings. The highest BCUT2D eigenvalue weighted by Gasteiger charge is 2.26. The van der Waals surface area contributed by atoms with Crippen molar-refractivity contribution in [2.45, 2.75) is 80.1 Å². The van der Waals surface area contributed by atoms with Gasteiger partial charge in [0.25, 0.3) is 0 Å². The maximum atomic E-state index is 5.33. The highest BCUT2D eigenvalue weighted by molar-refractivity contribution is 5.92. The molecule has 232 valence electrons. The molecule has 2 aliphatic rings. The lowest BCUT2D eigenvalue weighted by Gasteiger charge is -2.14. The number of nitrogens with one attached hydrogen (secondary N) is 2. The Morgan fingerprint density at radius 2 is 1.20 bits per heavy atom. The van der Waals surface area contributed by atoms with Crippen molar-refractivity contribution in [2.75, 3.05) is 0 Å². The smallest absolute Gasteiger partial charge is 0.154 e. The number of aryl methyl sites for hydroxylation is 6. The standard InChI is InChI=1S/C40H42N6/c1-8-9-10-28-21-32-39(37-26(6)19-23(3)20-27(37)7)31-12-15-34(42-31)45-33-14-11-29(41-33)38(36-24(4)17-22(2)18-25(36)5)30-13-16-35(43-30)46-40(28)44-32/h11-20,28H,8-10,21H2,1-7H3,(H2,41,42,45)/t28-/m1/s1. The van der Waals surface area contributed by atoms with E-state index in [0.29, 0.717) is 5.82 Å². The summed E-state index contributed by atoms with van der Waals surface area (Å²) in [4.78, 5) is 27.9. The summed E-state index contributed by atoms with van der Waals surface area (Å²) in [6.45, 7) is 15.3. The Bertz CT molecular complexity index is 2150. The van der Waals surface area contributed by atoms with Crippen LogP contribution in [0.4, 0.5) is 0 Å². The monoisotopic (exact) mass is 606 g/mol. The predicted octanol–water partition coefficient (Wildman–Crippen LogP) is 9.98. The molecule has 2 N–H and O–H groups in total. The van der Waals surface area contributed by atoms with E-state index in [2.05, 4.69) is 107 Å². The average molecular weight is 607 g/mol. The van der Waals surface area contributed by atoms with Gasteiger partial charge in [-0.25, -0.2) is 19.9 Å². The lowest BCUT2D eigenvalue weighted by atomic mass is 9.90. The number of aromatic nitrogens is 6. The van der Waals surface area contributed by atoms with Crippen LogP contribution in [0.15, 0.2) is 48.5 Å². The average Bonchev–Trinajstić information content (AvgIpc) is 3.80. The first-order valence-electron chi connectivity index (χ1n) is 16.5. The molecule has 0 amide bonds. The molecule has 1 atom stereocenters. The topological polar surface area (TPSA) is 83.1 Å². The fraction of sp³-hybridized carbons (Fsp3) is 0.300. The van der Waals surface area contributed by atoms with Gasteiger partial charge in [0.05, 0.1) is 11.4 Å². The molecule has 3 aromatic heterocycles. The van der Waals surface area contributed by atoms with Crippen molar-refractivity contribution >= 4 is 34.5 Å². The van der Waals surface area contributed by atoms with Gasteiger partial charge in [0.15, 0.2) is 5.82 Å². The van der Waals surface area contributed by atoms with Crippen LogP contribution in [-0.4, -0.2) is 29.9 Å². The highest BCUT2D eigenvalue weighted by Crippen LogP contribution is 2.39. The summed E-state index contributed by atoms with van der Waals surface area (Å²) in [5.41, 5.74) is 17.6. The molecule has 2 aliphatic heterocycles. The molecular formula is C40H42N6. The number of rotatable bonds is 5. The van der Waals surface area contributed by atoms with Crippen LogP contribution in [0.3, 0.4) is 0 Å². The van der Waals surface area contributed by atoms with Crippen LogP contribution in [0.25, 0.3) is 56.7 Å². The third kappa shape index (κ3) is 5.46. The van der Waals surface area contributed by atoms with Gasteiger partial charge in [-0.3, -0.25) is 0 Å². The van der Waals surface area contributed by atoms with Gasteiger partial charge >= 0.3 is 0 Å². The van der Waals surface area contributed by atoms with E-state index in [9.17, 15) is 0 Å². The highest BCUT2D eigenvalue weighted by atomic mass is 15.0. The van der Waals surface area contributed by atoms with Crippen LogP contribution in [-0.2, 0) is 6.42 Å². The fourth-order valence-electron chi connectivity index (χ4n) is 7.53. The van der Waals surface area contributed by atoms with Gasteiger partial charge in [-0.05, 0) is 118 Å². The molecule has 0 spiro atoms. The summed E-state index contributed by atoms with van der Waals surface area (Å²) in [6.07, 6.45) is 8.29. The maximum Gasteiger partial charge on any atom is 0.154 e. The predicted molar refractivity (Wildman–Crippen MR) is 191 cm³/mol. The largest absolute Gasteiger partial charge is 0.340 e. The molecule has 7 rings (SSSR count). The molecule has 6 heteroatoms. The van der Waals surface area contributed by atoms with Crippen LogP contribution < -0.4 is 0 Å². The summed E-state index contributed by atoms with van der Waals surface area (Å²) >= 11 is 0. The molecule has 0 unspecified atom stereocenters. The minimum atomic E-state index is 0.238. The minimum Gasteiger partial charge on any atom is -0.340 e. The first-order valence-corrected chi connectivity index (χ1v) is 16.5. The Labute approximate surface area is 271 Å². The lowest BCUT2D eigenvalue weighted by Crippen LogP contribution is -2.00. The van der Waals surface area contributed by atoms with Crippen molar-refractivity contribution in [1.82, 2.24) is 29.9 Å². The second-order valence-corrected chi connectivity index (χ2v) is 13.2. The Kier molecular flexibility index (Phi) is 7.67. The first-order chi connectivity index (χ1) is 22.2. The third-order valence-corrected chi connectivity index (χ3v) is 9.33. The van der Waals surface area contributed by atoms with E-state index in [1.54, 1.807) is 0 Å². The maximum absolute atomic E-state index is 5.33. The Balaban J connectivity index is 1.59. The zero-order valence-electron chi connectivity index (χ0n) is 28.0. The van der Waals surface area contributed by atoms with Crippen molar-refractivity contribution < 1.29 is 0 Å². The van der Waals surface area contributed by atoms with Gasteiger partial charge in [0, 0.05) is 34.5 Å². The number of benzene rings is 2. The SMILES string of the molecule is CCCC[C@@H]1Cc2nc1nc1nc(c(-c3c(C)cc(C)cc3C)c3ccc(nc4ccc([nH]4)c2-c2c(C)cc(C)cc2C)[nH]3)C=C1. The number of aromatic amines is 2. The van der Waals surface area contributed by atoms with Gasteiger partial charge in [-0.1, -0.05) is 55.2 Å². The molecule has 0 saturated carbocycles. The third-order valence-electron chi connectivity index (χ3n) is 9.33. The lowest BCUT2D eigenvalue weighted by molar-refractivity contribution is 0.583. The van der Waals surface area contributed by atoms with Crippen molar-refractivity contribution in [3.8, 4) is 22.3 Å². The van der Waals surface area contributed by atoms with Crippen LogP contribution >= 0.6 is 0 Å². The Morgan fingerprint density at radius 1 is 0.630 bits per heavy atom. The molecule has 2 aromatic carbocycles. The number of hydrogen-bond donors (Lipinski definition) is 2. The molecule has 8 bridgehead atoms. The second-order valence-electron chi connectivity index (χ2n) is 13.2. The van der Waals surface area contributed by atoms with Crippen molar-refractivity contribution in [2.24, 2.45) is 0 Å². The van der Waals surface area contributed by atoms with Crippen molar-refractivity contribution in [3.63, 3.8) is 0 Å². The van der Waals surface area contributed by atoms with Gasteiger partial charge in [-0.15, -0.1) is 0 Å². The number of fused-ring (bicyclic) bond motifs is 8. The van der Waals surface area contributed by atoms with E-state index >= 15 is 0 Å². The van der Waals surface area contributed by atoms with Crippen LogP contribution in [0.2, 0.25) is 0 Å². The van der Waals surface area contributed by atoms with Crippen molar-refractivity contribution in [3.05, 3.63) is 105 Å². The fourth-order valence-corrected chi connectivity index (χ4v) is 7.53. The number of hydrogen-bond acceptors (Lipinski definition) is 4. The number of unbranched alkanes of at least 4 members (excludes halogenated alkanes) is 1. The zero-order chi connectivity index (χ0) is 32.1. The Morgan fingerprint density at radius 3 is 1.78 bits per heavy atom. The summed E-state index contributed by atoms with van der Waals surface area (Å²) in [5, 5.41) is 0. The summed E-state index contributed by atoms with van der Waals surface area (Å²) in [6, 6.07) is 17.4. The van der Waals surface area contributed by atoms with E-state index in [-0.39, 0.29) is 5.92 Å². The summed E-state index contributed by atoms with van der Waals surface area (Å²) < 4.78 is 0.